The molecule has 1 aliphatic rings. The SMILES string of the molecule is CS(=O)(=O)c1ccc(-c2cccc3nc(Nc4ccc(N5CCOCC5)cc4)nn23)cc1. The first-order valence-electron chi connectivity index (χ1n) is 10.3. The van der Waals surface area contributed by atoms with Gasteiger partial charge >= 0.3 is 0 Å². The van der Waals surface area contributed by atoms with Crippen molar-refractivity contribution in [1.82, 2.24) is 14.6 Å². The van der Waals surface area contributed by atoms with E-state index in [-0.39, 0.29) is 4.90 Å². The van der Waals surface area contributed by atoms with E-state index in [0.29, 0.717) is 11.6 Å². The van der Waals surface area contributed by atoms with Crippen molar-refractivity contribution < 1.29 is 13.2 Å². The normalized spacial score (nSPS) is 14.6. The number of nitrogens with zero attached hydrogens (tertiary/aromatic N) is 4. The summed E-state index contributed by atoms with van der Waals surface area (Å²) in [7, 11) is -3.24. The molecule has 2 aromatic heterocycles. The van der Waals surface area contributed by atoms with E-state index < -0.39 is 9.84 Å². The highest BCUT2D eigenvalue weighted by atomic mass is 32.2. The van der Waals surface area contributed by atoms with Gasteiger partial charge in [-0.2, -0.15) is 4.98 Å². The number of sulfone groups is 1. The van der Waals surface area contributed by atoms with Crippen molar-refractivity contribution in [1.29, 1.82) is 0 Å². The fraction of sp³-hybridized carbons (Fsp3) is 0.217. The number of anilines is 3. The predicted molar refractivity (Wildman–Crippen MR) is 124 cm³/mol. The molecule has 0 atom stereocenters. The van der Waals surface area contributed by atoms with E-state index in [9.17, 15) is 8.42 Å². The second-order valence-electron chi connectivity index (χ2n) is 7.68. The molecule has 3 heterocycles. The minimum atomic E-state index is -3.24. The molecular weight excluding hydrogens is 426 g/mol. The number of morpholine rings is 1. The van der Waals surface area contributed by atoms with E-state index in [1.54, 1.807) is 28.8 Å². The van der Waals surface area contributed by atoms with Gasteiger partial charge in [-0.15, -0.1) is 5.10 Å². The van der Waals surface area contributed by atoms with Crippen LogP contribution in [0.1, 0.15) is 0 Å². The Bertz CT molecular complexity index is 1340. The Morgan fingerprint density at radius 3 is 2.34 bits per heavy atom. The molecule has 32 heavy (non-hydrogen) atoms. The predicted octanol–water partition coefficient (Wildman–Crippen LogP) is 3.38. The van der Waals surface area contributed by atoms with Gasteiger partial charge < -0.3 is 15.0 Å². The molecule has 1 saturated heterocycles. The number of ether oxygens (including phenoxy) is 1. The smallest absolute Gasteiger partial charge is 0.247 e. The summed E-state index contributed by atoms with van der Waals surface area (Å²) in [5.74, 6) is 0.490. The summed E-state index contributed by atoms with van der Waals surface area (Å²) in [6, 6.07) is 20.7. The van der Waals surface area contributed by atoms with Gasteiger partial charge in [-0.3, -0.25) is 0 Å². The van der Waals surface area contributed by atoms with Crippen LogP contribution in [0.3, 0.4) is 0 Å². The monoisotopic (exact) mass is 449 g/mol. The third-order valence-corrected chi connectivity index (χ3v) is 6.57. The van der Waals surface area contributed by atoms with E-state index in [2.05, 4.69) is 32.4 Å². The van der Waals surface area contributed by atoms with Gasteiger partial charge in [-0.05, 0) is 48.5 Å². The molecule has 2 aromatic carbocycles. The van der Waals surface area contributed by atoms with Gasteiger partial charge in [0.1, 0.15) is 0 Å². The molecule has 0 saturated carbocycles. The number of hydrogen-bond donors (Lipinski definition) is 1. The van der Waals surface area contributed by atoms with Gasteiger partial charge in [0.05, 0.1) is 23.8 Å². The second kappa shape index (κ2) is 8.25. The number of aromatic nitrogens is 3. The summed E-state index contributed by atoms with van der Waals surface area (Å²) < 4.78 is 30.6. The molecule has 0 unspecified atom stereocenters. The minimum absolute atomic E-state index is 0.287. The Labute approximate surface area is 186 Å². The summed E-state index contributed by atoms with van der Waals surface area (Å²) in [5, 5.41) is 7.88. The standard InChI is InChI=1S/C23H23N5O3S/c1-32(29,30)20-11-5-17(6-12-20)21-3-2-4-22-25-23(26-28(21)22)24-18-7-9-19(10-8-18)27-13-15-31-16-14-27/h2-12H,13-16H2,1H3,(H,24,26). The van der Waals surface area contributed by atoms with E-state index >= 15 is 0 Å². The van der Waals surface area contributed by atoms with E-state index in [4.69, 9.17) is 4.74 Å². The molecule has 0 bridgehead atoms. The Balaban J connectivity index is 1.39. The average molecular weight is 450 g/mol. The van der Waals surface area contributed by atoms with E-state index in [0.717, 1.165) is 43.2 Å². The molecule has 1 N–H and O–H groups in total. The first-order valence-corrected chi connectivity index (χ1v) is 12.2. The summed E-state index contributed by atoms with van der Waals surface area (Å²) in [6.45, 7) is 3.30. The zero-order valence-corrected chi connectivity index (χ0v) is 18.4. The summed E-state index contributed by atoms with van der Waals surface area (Å²) in [5.41, 5.74) is 4.45. The maximum absolute atomic E-state index is 11.7. The maximum atomic E-state index is 11.7. The number of fused-ring (bicyclic) bond motifs is 1. The topological polar surface area (TPSA) is 88.8 Å². The molecule has 0 aliphatic carbocycles. The lowest BCUT2D eigenvalue weighted by atomic mass is 10.1. The van der Waals surface area contributed by atoms with Crippen LogP contribution in [-0.2, 0) is 14.6 Å². The molecule has 1 fully saturated rings. The van der Waals surface area contributed by atoms with Gasteiger partial charge in [-0.25, -0.2) is 12.9 Å². The van der Waals surface area contributed by atoms with Crippen molar-refractivity contribution in [2.24, 2.45) is 0 Å². The molecule has 164 valence electrons. The minimum Gasteiger partial charge on any atom is -0.378 e. The van der Waals surface area contributed by atoms with Crippen molar-refractivity contribution in [2.45, 2.75) is 4.90 Å². The highest BCUT2D eigenvalue weighted by Gasteiger charge is 2.13. The van der Waals surface area contributed by atoms with Crippen LogP contribution in [0, 0.1) is 0 Å². The third-order valence-electron chi connectivity index (χ3n) is 5.44. The zero-order chi connectivity index (χ0) is 22.1. The Kier molecular flexibility index (Phi) is 5.28. The number of hydrogen-bond acceptors (Lipinski definition) is 7. The second-order valence-corrected chi connectivity index (χ2v) is 9.70. The molecule has 8 nitrogen and oxygen atoms in total. The van der Waals surface area contributed by atoms with Crippen molar-refractivity contribution in [2.75, 3.05) is 42.8 Å². The van der Waals surface area contributed by atoms with Crippen LogP contribution in [0.4, 0.5) is 17.3 Å². The first-order chi connectivity index (χ1) is 15.5. The average Bonchev–Trinajstić information content (AvgIpc) is 3.22. The number of rotatable bonds is 5. The molecular formula is C23H23N5O3S. The lowest BCUT2D eigenvalue weighted by Gasteiger charge is -2.28. The van der Waals surface area contributed by atoms with Gasteiger partial charge in [0.15, 0.2) is 15.5 Å². The third kappa shape index (κ3) is 4.17. The van der Waals surface area contributed by atoms with Crippen molar-refractivity contribution in [3.63, 3.8) is 0 Å². The Hall–Kier alpha value is -3.43. The highest BCUT2D eigenvalue weighted by molar-refractivity contribution is 7.90. The van der Waals surface area contributed by atoms with E-state index in [1.165, 1.54) is 11.9 Å². The zero-order valence-electron chi connectivity index (χ0n) is 17.6. The van der Waals surface area contributed by atoms with Crippen LogP contribution < -0.4 is 10.2 Å². The van der Waals surface area contributed by atoms with Crippen molar-refractivity contribution in [3.8, 4) is 11.3 Å². The van der Waals surface area contributed by atoms with Gasteiger partial charge in [0.2, 0.25) is 5.95 Å². The van der Waals surface area contributed by atoms with Crippen LogP contribution in [0.2, 0.25) is 0 Å². The first kappa shape index (κ1) is 20.5. The summed E-state index contributed by atoms with van der Waals surface area (Å²) in [4.78, 5) is 7.17. The van der Waals surface area contributed by atoms with Crippen LogP contribution in [0.15, 0.2) is 71.6 Å². The number of pyridine rings is 1. The van der Waals surface area contributed by atoms with Crippen LogP contribution in [-0.4, -0.2) is 55.6 Å². The maximum Gasteiger partial charge on any atom is 0.247 e. The van der Waals surface area contributed by atoms with Gasteiger partial charge in [0, 0.05) is 36.3 Å². The quantitative estimate of drug-likeness (QED) is 0.500. The molecule has 9 heteroatoms. The lowest BCUT2D eigenvalue weighted by molar-refractivity contribution is 0.122. The van der Waals surface area contributed by atoms with Crippen LogP contribution >= 0.6 is 0 Å². The van der Waals surface area contributed by atoms with E-state index in [1.807, 2.05) is 30.3 Å². The lowest BCUT2D eigenvalue weighted by Crippen LogP contribution is -2.36. The fourth-order valence-corrected chi connectivity index (χ4v) is 4.39. The van der Waals surface area contributed by atoms with Crippen LogP contribution in [0.25, 0.3) is 16.9 Å². The molecule has 5 rings (SSSR count). The molecule has 4 aromatic rings. The summed E-state index contributed by atoms with van der Waals surface area (Å²) >= 11 is 0. The Morgan fingerprint density at radius 1 is 0.938 bits per heavy atom. The number of benzene rings is 2. The van der Waals surface area contributed by atoms with Gasteiger partial charge in [0.25, 0.3) is 0 Å². The van der Waals surface area contributed by atoms with Crippen molar-refractivity contribution in [3.05, 3.63) is 66.7 Å². The molecule has 1 aliphatic heterocycles. The number of nitrogens with one attached hydrogen (secondary N) is 1. The van der Waals surface area contributed by atoms with Crippen molar-refractivity contribution >= 4 is 32.8 Å². The molecule has 0 amide bonds. The molecule has 0 spiro atoms. The largest absolute Gasteiger partial charge is 0.378 e. The highest BCUT2D eigenvalue weighted by Crippen LogP contribution is 2.24. The molecule has 0 radical (unpaired) electrons. The Morgan fingerprint density at radius 2 is 1.66 bits per heavy atom. The fourth-order valence-electron chi connectivity index (χ4n) is 3.76. The van der Waals surface area contributed by atoms with Gasteiger partial charge in [-0.1, -0.05) is 18.2 Å². The van der Waals surface area contributed by atoms with Crippen LogP contribution in [0.5, 0.6) is 0 Å². The summed E-state index contributed by atoms with van der Waals surface area (Å²) in [6.07, 6.45) is 1.20.